The van der Waals surface area contributed by atoms with Crippen molar-refractivity contribution >= 4 is 40.0 Å². The van der Waals surface area contributed by atoms with Crippen LogP contribution in [0.4, 0.5) is 0 Å². The van der Waals surface area contributed by atoms with Crippen molar-refractivity contribution < 1.29 is 13.9 Å². The van der Waals surface area contributed by atoms with Crippen LogP contribution < -0.4 is 10.2 Å². The van der Waals surface area contributed by atoms with Crippen LogP contribution in [0.1, 0.15) is 21.5 Å². The first-order valence-corrected chi connectivity index (χ1v) is 10.4. The second-order valence-corrected chi connectivity index (χ2v) is 8.07. The fourth-order valence-electron chi connectivity index (χ4n) is 3.28. The highest BCUT2D eigenvalue weighted by atomic mass is 35.5. The van der Waals surface area contributed by atoms with Crippen LogP contribution in [0.5, 0.6) is 5.75 Å². The van der Waals surface area contributed by atoms with Gasteiger partial charge in [-0.15, -0.1) is 0 Å². The molecule has 1 aromatic heterocycles. The van der Waals surface area contributed by atoms with Crippen LogP contribution in [-0.2, 0) is 0 Å². The lowest BCUT2D eigenvalue weighted by Crippen LogP contribution is -2.17. The van der Waals surface area contributed by atoms with Gasteiger partial charge < -0.3 is 9.15 Å². The third-order valence-corrected chi connectivity index (χ3v) is 5.63. The lowest BCUT2D eigenvalue weighted by Gasteiger charge is -2.13. The predicted octanol–water partition coefficient (Wildman–Crippen LogP) is 6.65. The van der Waals surface area contributed by atoms with Crippen LogP contribution in [0.15, 0.2) is 69.9 Å². The highest BCUT2D eigenvalue weighted by molar-refractivity contribution is 6.36. The van der Waals surface area contributed by atoms with Gasteiger partial charge in [0.25, 0.3) is 0 Å². The Labute approximate surface area is 189 Å². The lowest BCUT2D eigenvalue weighted by molar-refractivity contribution is 0.0920. The fourth-order valence-corrected chi connectivity index (χ4v) is 3.79. The zero-order valence-corrected chi connectivity index (χ0v) is 18.4. The average molecular weight is 453 g/mol. The van der Waals surface area contributed by atoms with Crippen molar-refractivity contribution in [3.63, 3.8) is 0 Å². The van der Waals surface area contributed by atoms with Crippen LogP contribution in [0.2, 0.25) is 10.0 Å². The van der Waals surface area contributed by atoms with Crippen molar-refractivity contribution in [1.29, 1.82) is 0 Å². The summed E-state index contributed by atoms with van der Waals surface area (Å²) in [7, 11) is 0. The molecule has 0 aliphatic rings. The van der Waals surface area contributed by atoms with Crippen molar-refractivity contribution in [1.82, 2.24) is 0 Å². The standard InChI is InChI=1S/C25H18Cl2O4/c1-14-10-19-22(11-15(14)2)31-24(16-6-4-3-5-7-16)25(23(19)29)30-13-21(28)18-9-8-17(26)12-20(18)27/h3-12H,13H2,1-2H3. The zero-order valence-electron chi connectivity index (χ0n) is 16.9. The quantitative estimate of drug-likeness (QED) is 0.318. The van der Waals surface area contributed by atoms with E-state index in [0.29, 0.717) is 21.6 Å². The third-order valence-electron chi connectivity index (χ3n) is 5.08. The van der Waals surface area contributed by atoms with E-state index in [1.807, 2.05) is 50.2 Å². The maximum atomic E-state index is 13.3. The van der Waals surface area contributed by atoms with Crippen LogP contribution in [0, 0.1) is 13.8 Å². The summed E-state index contributed by atoms with van der Waals surface area (Å²) in [5, 5.41) is 1.05. The third kappa shape index (κ3) is 4.22. The molecule has 0 N–H and O–H groups in total. The molecule has 0 aliphatic carbocycles. The molecular weight excluding hydrogens is 435 g/mol. The number of carbonyl (C=O) groups is 1. The van der Waals surface area contributed by atoms with Crippen LogP contribution in [-0.4, -0.2) is 12.4 Å². The van der Waals surface area contributed by atoms with Crippen LogP contribution in [0.25, 0.3) is 22.3 Å². The first-order chi connectivity index (χ1) is 14.8. The zero-order chi connectivity index (χ0) is 22.1. The summed E-state index contributed by atoms with van der Waals surface area (Å²) < 4.78 is 11.8. The Balaban J connectivity index is 1.80. The lowest BCUT2D eigenvalue weighted by atomic mass is 10.0. The predicted molar refractivity (Wildman–Crippen MR) is 124 cm³/mol. The van der Waals surface area contributed by atoms with Crippen molar-refractivity contribution in [3.05, 3.63) is 97.6 Å². The van der Waals surface area contributed by atoms with Gasteiger partial charge in [-0.1, -0.05) is 53.5 Å². The Morgan fingerprint density at radius 1 is 0.968 bits per heavy atom. The van der Waals surface area contributed by atoms with Gasteiger partial charge >= 0.3 is 0 Å². The van der Waals surface area contributed by atoms with Gasteiger partial charge in [0.2, 0.25) is 17.0 Å². The van der Waals surface area contributed by atoms with Gasteiger partial charge in [0, 0.05) is 16.1 Å². The fraction of sp³-hybridized carbons (Fsp3) is 0.120. The Bertz CT molecular complexity index is 1360. The van der Waals surface area contributed by atoms with Gasteiger partial charge in [0.1, 0.15) is 5.58 Å². The van der Waals surface area contributed by atoms with Gasteiger partial charge in [-0.25, -0.2) is 0 Å². The van der Waals surface area contributed by atoms with E-state index in [1.165, 1.54) is 12.1 Å². The summed E-state index contributed by atoms with van der Waals surface area (Å²) in [5.41, 5.74) is 3.04. The minimum absolute atomic E-state index is 0.0135. The summed E-state index contributed by atoms with van der Waals surface area (Å²) in [6.07, 6.45) is 0. The van der Waals surface area contributed by atoms with Crippen molar-refractivity contribution in [3.8, 4) is 17.1 Å². The van der Waals surface area contributed by atoms with Gasteiger partial charge in [-0.05, 0) is 55.3 Å². The average Bonchev–Trinajstić information content (AvgIpc) is 2.75. The molecule has 0 unspecified atom stereocenters. The SMILES string of the molecule is Cc1cc2oc(-c3ccccc3)c(OCC(=O)c3ccc(Cl)cc3Cl)c(=O)c2cc1C. The molecule has 6 heteroatoms. The molecule has 4 aromatic rings. The van der Waals surface area contributed by atoms with E-state index in [0.717, 1.165) is 11.1 Å². The largest absolute Gasteiger partial charge is 0.478 e. The summed E-state index contributed by atoms with van der Waals surface area (Å²) >= 11 is 12.0. The first-order valence-electron chi connectivity index (χ1n) is 9.59. The number of aryl methyl sites for hydroxylation is 2. The second-order valence-electron chi connectivity index (χ2n) is 7.22. The number of benzene rings is 3. The first kappa shape index (κ1) is 21.2. The number of halogens is 2. The number of hydrogen-bond acceptors (Lipinski definition) is 4. The van der Waals surface area contributed by atoms with E-state index in [-0.39, 0.29) is 39.9 Å². The van der Waals surface area contributed by atoms with E-state index in [1.54, 1.807) is 12.1 Å². The number of rotatable bonds is 5. The Kier molecular flexibility index (Phi) is 5.86. The van der Waals surface area contributed by atoms with Crippen LogP contribution >= 0.6 is 23.2 Å². The molecule has 1 heterocycles. The van der Waals surface area contributed by atoms with Crippen molar-refractivity contribution in [2.75, 3.05) is 6.61 Å². The van der Waals surface area contributed by atoms with Gasteiger partial charge in [0.15, 0.2) is 12.4 Å². The highest BCUT2D eigenvalue weighted by Gasteiger charge is 2.20. The maximum absolute atomic E-state index is 13.3. The van der Waals surface area contributed by atoms with E-state index in [2.05, 4.69) is 0 Å². The molecular formula is C25H18Cl2O4. The molecule has 3 aromatic carbocycles. The molecule has 0 aliphatic heterocycles. The monoisotopic (exact) mass is 452 g/mol. The van der Waals surface area contributed by atoms with Gasteiger partial charge in [0.05, 0.1) is 10.4 Å². The van der Waals surface area contributed by atoms with Crippen molar-refractivity contribution in [2.24, 2.45) is 0 Å². The summed E-state index contributed by atoms with van der Waals surface area (Å²) in [6.45, 7) is 3.50. The Morgan fingerprint density at radius 2 is 1.68 bits per heavy atom. The molecule has 0 saturated heterocycles. The van der Waals surface area contributed by atoms with E-state index >= 15 is 0 Å². The molecule has 0 bridgehead atoms. The van der Waals surface area contributed by atoms with Gasteiger partial charge in [-0.3, -0.25) is 9.59 Å². The number of ketones is 1. The molecule has 0 amide bonds. The van der Waals surface area contributed by atoms with E-state index in [4.69, 9.17) is 32.4 Å². The molecule has 31 heavy (non-hydrogen) atoms. The highest BCUT2D eigenvalue weighted by Crippen LogP contribution is 2.32. The molecule has 0 saturated carbocycles. The van der Waals surface area contributed by atoms with Crippen LogP contribution in [0.3, 0.4) is 0 Å². The second kappa shape index (κ2) is 8.58. The maximum Gasteiger partial charge on any atom is 0.235 e. The number of fused-ring (bicyclic) bond motifs is 1. The number of Topliss-reactive ketones (excluding diaryl/α,β-unsaturated/α-hetero) is 1. The molecule has 0 fully saturated rings. The number of ether oxygens (including phenoxy) is 1. The van der Waals surface area contributed by atoms with E-state index in [9.17, 15) is 9.59 Å². The minimum atomic E-state index is -0.375. The molecule has 0 spiro atoms. The topological polar surface area (TPSA) is 56.5 Å². The molecule has 4 nitrogen and oxygen atoms in total. The number of hydrogen-bond donors (Lipinski definition) is 0. The molecule has 0 radical (unpaired) electrons. The summed E-state index contributed by atoms with van der Waals surface area (Å²) in [6, 6.07) is 17.4. The minimum Gasteiger partial charge on any atom is -0.478 e. The summed E-state index contributed by atoms with van der Waals surface area (Å²) in [5.74, 6) is -0.114. The van der Waals surface area contributed by atoms with Crippen molar-refractivity contribution in [2.45, 2.75) is 13.8 Å². The molecule has 0 atom stereocenters. The number of carbonyl (C=O) groups excluding carboxylic acids is 1. The molecule has 4 rings (SSSR count). The Morgan fingerprint density at radius 3 is 2.39 bits per heavy atom. The van der Waals surface area contributed by atoms with E-state index < -0.39 is 0 Å². The normalized spacial score (nSPS) is 11.0. The smallest absolute Gasteiger partial charge is 0.235 e. The summed E-state index contributed by atoms with van der Waals surface area (Å²) in [4.78, 5) is 26.0. The van der Waals surface area contributed by atoms with Gasteiger partial charge in [-0.2, -0.15) is 0 Å². The molecule has 156 valence electrons. The Hall–Kier alpha value is -3.08.